The number of carbonyl (C=O) groups is 1. The van der Waals surface area contributed by atoms with Crippen LogP contribution in [0.2, 0.25) is 0 Å². The number of para-hydroxylation sites is 1. The molecule has 5 heteroatoms. The van der Waals surface area contributed by atoms with Crippen molar-refractivity contribution in [2.75, 3.05) is 39.9 Å². The number of ether oxygens (including phenoxy) is 1. The number of hydrogen-bond acceptors (Lipinski definition) is 3. The van der Waals surface area contributed by atoms with E-state index in [0.717, 1.165) is 19.4 Å². The first-order valence-corrected chi connectivity index (χ1v) is 11.8. The van der Waals surface area contributed by atoms with E-state index in [4.69, 9.17) is 4.74 Å². The fourth-order valence-corrected chi connectivity index (χ4v) is 5.52. The van der Waals surface area contributed by atoms with E-state index >= 15 is 0 Å². The highest BCUT2D eigenvalue weighted by Gasteiger charge is 2.34. The molecule has 2 fully saturated rings. The number of nitrogens with one attached hydrogen (secondary N) is 1. The molecule has 0 bridgehead atoms. The second-order valence-electron chi connectivity index (χ2n) is 9.05. The normalized spacial score (nSPS) is 22.2. The summed E-state index contributed by atoms with van der Waals surface area (Å²) in [5.74, 6) is 0.910. The number of methoxy groups -OCH3 is 1. The van der Waals surface area contributed by atoms with Crippen molar-refractivity contribution in [1.82, 2.24) is 14.8 Å². The highest BCUT2D eigenvalue weighted by molar-refractivity contribution is 5.83. The lowest BCUT2D eigenvalue weighted by atomic mass is 9.83. The minimum Gasteiger partial charge on any atom is -0.383 e. The van der Waals surface area contributed by atoms with Crippen molar-refractivity contribution in [3.8, 4) is 0 Å². The van der Waals surface area contributed by atoms with Crippen LogP contribution in [-0.4, -0.2) is 66.6 Å². The molecule has 1 N–H and O–H groups in total. The molecule has 0 saturated carbocycles. The Balaban J connectivity index is 1.33. The molecule has 5 nitrogen and oxygen atoms in total. The van der Waals surface area contributed by atoms with Gasteiger partial charge in [-0.25, -0.2) is 0 Å². The summed E-state index contributed by atoms with van der Waals surface area (Å²) in [5.41, 5.74) is 2.49. The molecule has 2 aromatic rings. The van der Waals surface area contributed by atoms with Crippen LogP contribution in [0.3, 0.4) is 0 Å². The first-order valence-electron chi connectivity index (χ1n) is 11.8. The van der Waals surface area contributed by atoms with Crippen LogP contribution in [0.25, 0.3) is 10.9 Å². The van der Waals surface area contributed by atoms with Crippen molar-refractivity contribution < 1.29 is 9.53 Å². The second-order valence-corrected chi connectivity index (χ2v) is 9.05. The average Bonchev–Trinajstić information content (AvgIpc) is 3.20. The van der Waals surface area contributed by atoms with Crippen LogP contribution in [0.4, 0.5) is 0 Å². The van der Waals surface area contributed by atoms with Crippen molar-refractivity contribution in [3.63, 3.8) is 0 Å². The van der Waals surface area contributed by atoms with E-state index in [9.17, 15) is 4.79 Å². The van der Waals surface area contributed by atoms with Gasteiger partial charge >= 0.3 is 0 Å². The number of fused-ring (bicyclic) bond motifs is 2. The van der Waals surface area contributed by atoms with E-state index in [1.54, 1.807) is 7.11 Å². The Hall–Kier alpha value is -1.85. The van der Waals surface area contributed by atoms with Crippen LogP contribution in [0, 0.1) is 5.92 Å². The predicted molar refractivity (Wildman–Crippen MR) is 122 cm³/mol. The van der Waals surface area contributed by atoms with Crippen LogP contribution in [0.15, 0.2) is 30.5 Å². The third-order valence-electron chi connectivity index (χ3n) is 7.11. The third kappa shape index (κ3) is 5.06. The minimum absolute atomic E-state index is 0.292. The molecule has 3 heterocycles. The Kier molecular flexibility index (Phi) is 7.45. The summed E-state index contributed by atoms with van der Waals surface area (Å²) in [6.07, 6.45) is 11.1. The highest BCUT2D eigenvalue weighted by Crippen LogP contribution is 2.31. The minimum atomic E-state index is 0.292. The van der Waals surface area contributed by atoms with Gasteiger partial charge in [-0.2, -0.15) is 0 Å². The monoisotopic (exact) mass is 411 g/mol. The van der Waals surface area contributed by atoms with Gasteiger partial charge in [-0.05, 0) is 69.2 Å². The first kappa shape index (κ1) is 21.4. The first-order chi connectivity index (χ1) is 14.8. The van der Waals surface area contributed by atoms with E-state index in [-0.39, 0.29) is 0 Å². The maximum Gasteiger partial charge on any atom is 0.222 e. The fraction of sp³-hybridized carbons (Fsp3) is 0.640. The van der Waals surface area contributed by atoms with Gasteiger partial charge in [-0.15, -0.1) is 0 Å². The molecule has 1 aromatic heterocycles. The van der Waals surface area contributed by atoms with Gasteiger partial charge in [0.1, 0.15) is 0 Å². The number of nitrogens with zero attached hydrogens (tertiary/aromatic N) is 2. The van der Waals surface area contributed by atoms with Gasteiger partial charge in [0.25, 0.3) is 0 Å². The van der Waals surface area contributed by atoms with Crippen LogP contribution in [0.1, 0.15) is 50.5 Å². The van der Waals surface area contributed by atoms with E-state index in [1.165, 1.54) is 61.7 Å². The Morgan fingerprint density at radius 2 is 2.07 bits per heavy atom. The molecule has 164 valence electrons. The number of aromatic amines is 1. The summed E-state index contributed by atoms with van der Waals surface area (Å²) in [5, 5.41) is 1.28. The molecule has 0 unspecified atom stereocenters. The summed E-state index contributed by atoms with van der Waals surface area (Å²) < 4.78 is 5.32. The zero-order valence-electron chi connectivity index (χ0n) is 18.4. The van der Waals surface area contributed by atoms with Crippen molar-refractivity contribution in [2.45, 2.75) is 57.4 Å². The molecule has 2 aliphatic rings. The van der Waals surface area contributed by atoms with Gasteiger partial charge in [0.2, 0.25) is 5.91 Å². The maximum atomic E-state index is 13.1. The van der Waals surface area contributed by atoms with E-state index in [0.29, 0.717) is 37.4 Å². The second kappa shape index (κ2) is 10.5. The molecule has 4 rings (SSSR count). The molecule has 2 aliphatic heterocycles. The Bertz CT molecular complexity index is 816. The summed E-state index contributed by atoms with van der Waals surface area (Å²) in [7, 11) is 1.73. The topological polar surface area (TPSA) is 48.6 Å². The lowest BCUT2D eigenvalue weighted by molar-refractivity contribution is -0.133. The number of piperidine rings is 2. The van der Waals surface area contributed by atoms with Crippen LogP contribution in [-0.2, 0) is 16.0 Å². The number of hydrogen-bond donors (Lipinski definition) is 1. The smallest absolute Gasteiger partial charge is 0.222 e. The van der Waals surface area contributed by atoms with Gasteiger partial charge in [-0.1, -0.05) is 24.6 Å². The zero-order valence-corrected chi connectivity index (χ0v) is 18.4. The summed E-state index contributed by atoms with van der Waals surface area (Å²) in [6.45, 7) is 4.73. The number of aromatic nitrogens is 1. The average molecular weight is 412 g/mol. The van der Waals surface area contributed by atoms with Crippen molar-refractivity contribution in [1.29, 1.82) is 0 Å². The number of amides is 1. The largest absolute Gasteiger partial charge is 0.383 e. The standard InChI is InChI=1S/C25H37N3O2/c1-30-17-16-28(19-21-9-7-15-27-14-5-4-12-24(21)27)25(29)13-6-8-20-18-26-23-11-3-2-10-22(20)23/h2-3,10-11,18,21,24,26H,4-9,12-17,19H2,1H3/t21-,24-/m1/s1. The Morgan fingerprint density at radius 1 is 1.20 bits per heavy atom. The van der Waals surface area contributed by atoms with Gasteiger partial charge in [0.15, 0.2) is 0 Å². The molecule has 2 saturated heterocycles. The number of aryl methyl sites for hydroxylation is 1. The molecular weight excluding hydrogens is 374 g/mol. The van der Waals surface area contributed by atoms with E-state index < -0.39 is 0 Å². The van der Waals surface area contributed by atoms with Gasteiger partial charge in [0.05, 0.1) is 6.61 Å². The summed E-state index contributed by atoms with van der Waals surface area (Å²) in [4.78, 5) is 21.3. The molecular formula is C25H37N3O2. The predicted octanol–water partition coefficient (Wildman–Crippen LogP) is 4.23. The number of rotatable bonds is 9. The van der Waals surface area contributed by atoms with E-state index in [2.05, 4.69) is 45.2 Å². The molecule has 0 radical (unpaired) electrons. The van der Waals surface area contributed by atoms with Gasteiger partial charge in [-0.3, -0.25) is 4.79 Å². The molecule has 1 amide bonds. The number of carbonyl (C=O) groups excluding carboxylic acids is 1. The van der Waals surface area contributed by atoms with E-state index in [1.807, 2.05) is 0 Å². The number of benzene rings is 1. The maximum absolute atomic E-state index is 13.1. The summed E-state index contributed by atoms with van der Waals surface area (Å²) >= 11 is 0. The van der Waals surface area contributed by atoms with Crippen LogP contribution in [0.5, 0.6) is 0 Å². The molecule has 1 aromatic carbocycles. The SMILES string of the molecule is COCCN(C[C@H]1CCCN2CCCC[C@H]12)C(=O)CCCc1c[nH]c2ccccc12. The zero-order chi connectivity index (χ0) is 20.8. The molecule has 2 atom stereocenters. The Labute approximate surface area is 180 Å². The van der Waals surface area contributed by atoms with Crippen molar-refractivity contribution >= 4 is 16.8 Å². The molecule has 0 spiro atoms. The molecule has 0 aliphatic carbocycles. The van der Waals surface area contributed by atoms with Gasteiger partial charge < -0.3 is 19.5 Å². The number of H-pyrrole nitrogens is 1. The third-order valence-corrected chi connectivity index (χ3v) is 7.11. The van der Waals surface area contributed by atoms with Crippen LogP contribution >= 0.6 is 0 Å². The molecule has 30 heavy (non-hydrogen) atoms. The quantitative estimate of drug-likeness (QED) is 0.672. The van der Waals surface area contributed by atoms with Crippen LogP contribution < -0.4 is 0 Å². The lowest BCUT2D eigenvalue weighted by Gasteiger charge is -2.45. The lowest BCUT2D eigenvalue weighted by Crippen LogP contribution is -2.52. The highest BCUT2D eigenvalue weighted by atomic mass is 16.5. The van der Waals surface area contributed by atoms with Crippen molar-refractivity contribution in [2.24, 2.45) is 5.92 Å². The van der Waals surface area contributed by atoms with Crippen molar-refractivity contribution in [3.05, 3.63) is 36.0 Å². The summed E-state index contributed by atoms with van der Waals surface area (Å²) in [6, 6.07) is 9.08. The fourth-order valence-electron chi connectivity index (χ4n) is 5.52. The van der Waals surface area contributed by atoms with Gasteiger partial charge in [0, 0.05) is 49.8 Å². The Morgan fingerprint density at radius 3 is 2.97 bits per heavy atom.